The van der Waals surface area contributed by atoms with Crippen LogP contribution in [0.3, 0.4) is 0 Å². The number of aromatic nitrogens is 1. The quantitative estimate of drug-likeness (QED) is 0.233. The lowest BCUT2D eigenvalue weighted by molar-refractivity contribution is 0.152. The molecule has 1 aromatic heterocycles. The summed E-state index contributed by atoms with van der Waals surface area (Å²) in [5.41, 5.74) is 1.17. The SMILES string of the molecule is CCNC(=NCc1nc(C(C)C)cs1)NCCCCN1CCN(C)CC1.I. The van der Waals surface area contributed by atoms with Gasteiger partial charge in [-0.15, -0.1) is 35.3 Å². The Hall–Kier alpha value is -0.450. The lowest BCUT2D eigenvalue weighted by atomic mass is 10.2. The van der Waals surface area contributed by atoms with Gasteiger partial charge in [0, 0.05) is 44.6 Å². The fourth-order valence-corrected chi connectivity index (χ4v) is 3.77. The van der Waals surface area contributed by atoms with Gasteiger partial charge in [-0.1, -0.05) is 13.8 Å². The lowest BCUT2D eigenvalue weighted by Gasteiger charge is -2.32. The van der Waals surface area contributed by atoms with E-state index in [0.29, 0.717) is 12.5 Å². The van der Waals surface area contributed by atoms with E-state index >= 15 is 0 Å². The van der Waals surface area contributed by atoms with E-state index in [9.17, 15) is 0 Å². The van der Waals surface area contributed by atoms with Crippen LogP contribution in [0.25, 0.3) is 0 Å². The van der Waals surface area contributed by atoms with Crippen LogP contribution in [0.4, 0.5) is 0 Å². The van der Waals surface area contributed by atoms with Crippen molar-refractivity contribution < 1.29 is 0 Å². The molecule has 1 aliphatic rings. The Bertz CT molecular complexity index is 540. The molecule has 6 nitrogen and oxygen atoms in total. The summed E-state index contributed by atoms with van der Waals surface area (Å²) >= 11 is 1.70. The monoisotopic (exact) mass is 508 g/mol. The van der Waals surface area contributed by atoms with Gasteiger partial charge in [-0.3, -0.25) is 0 Å². The summed E-state index contributed by atoms with van der Waals surface area (Å²) in [6.07, 6.45) is 2.41. The van der Waals surface area contributed by atoms with Crippen LogP contribution in [0.1, 0.15) is 50.2 Å². The Labute approximate surface area is 186 Å². The van der Waals surface area contributed by atoms with Crippen molar-refractivity contribution in [3.63, 3.8) is 0 Å². The minimum absolute atomic E-state index is 0. The van der Waals surface area contributed by atoms with Gasteiger partial charge in [0.05, 0.1) is 12.2 Å². The Kier molecular flexibility index (Phi) is 12.5. The van der Waals surface area contributed by atoms with Crippen molar-refractivity contribution in [3.8, 4) is 0 Å². The molecule has 1 aliphatic heterocycles. The second kappa shape index (κ2) is 13.7. The fourth-order valence-electron chi connectivity index (χ4n) is 2.89. The standard InChI is InChI=1S/C19H36N6S.HI/c1-5-20-19(22-14-18-23-17(15-26-18)16(2)3)21-8-6-7-9-25-12-10-24(4)11-13-25;/h15-16H,5-14H2,1-4H3,(H2,20,21,22);1H. The molecule has 0 unspecified atom stereocenters. The second-order valence-corrected chi connectivity index (χ2v) is 8.24. The number of rotatable bonds is 9. The molecule has 0 saturated carbocycles. The van der Waals surface area contributed by atoms with Crippen molar-refractivity contribution in [3.05, 3.63) is 16.1 Å². The topological polar surface area (TPSA) is 55.8 Å². The summed E-state index contributed by atoms with van der Waals surface area (Å²) in [6, 6.07) is 0. The smallest absolute Gasteiger partial charge is 0.191 e. The van der Waals surface area contributed by atoms with Gasteiger partial charge in [0.25, 0.3) is 0 Å². The number of unbranched alkanes of at least 4 members (excludes halogenated alkanes) is 1. The summed E-state index contributed by atoms with van der Waals surface area (Å²) in [4.78, 5) is 14.3. The molecular formula is C19H37IN6S. The summed E-state index contributed by atoms with van der Waals surface area (Å²) in [6.45, 7) is 15.0. The van der Waals surface area contributed by atoms with E-state index in [0.717, 1.165) is 24.1 Å². The molecule has 0 amide bonds. The average molecular weight is 509 g/mol. The van der Waals surface area contributed by atoms with Crippen LogP contribution >= 0.6 is 35.3 Å². The summed E-state index contributed by atoms with van der Waals surface area (Å²) in [5.74, 6) is 1.38. The van der Waals surface area contributed by atoms with Crippen LogP contribution in [0.2, 0.25) is 0 Å². The third kappa shape index (κ3) is 9.54. The van der Waals surface area contributed by atoms with Crippen LogP contribution in [0.5, 0.6) is 0 Å². The summed E-state index contributed by atoms with van der Waals surface area (Å²) in [7, 11) is 2.21. The molecule has 8 heteroatoms. The molecule has 0 atom stereocenters. The van der Waals surface area contributed by atoms with E-state index in [1.165, 1.54) is 51.3 Å². The molecule has 0 radical (unpaired) electrons. The van der Waals surface area contributed by atoms with Gasteiger partial charge in [-0.2, -0.15) is 0 Å². The normalized spacial score (nSPS) is 16.4. The van der Waals surface area contributed by atoms with Gasteiger partial charge in [-0.25, -0.2) is 9.98 Å². The zero-order valence-electron chi connectivity index (χ0n) is 17.3. The number of hydrogen-bond acceptors (Lipinski definition) is 5. The maximum atomic E-state index is 4.68. The van der Waals surface area contributed by atoms with E-state index < -0.39 is 0 Å². The highest BCUT2D eigenvalue weighted by atomic mass is 127. The van der Waals surface area contributed by atoms with E-state index in [1.807, 2.05) is 0 Å². The van der Waals surface area contributed by atoms with Crippen molar-refractivity contribution >= 4 is 41.3 Å². The number of hydrogen-bond donors (Lipinski definition) is 2. The van der Waals surface area contributed by atoms with Gasteiger partial charge in [0.2, 0.25) is 0 Å². The van der Waals surface area contributed by atoms with Crippen LogP contribution in [0.15, 0.2) is 10.4 Å². The molecule has 27 heavy (non-hydrogen) atoms. The first-order valence-corrected chi connectivity index (χ1v) is 10.8. The van der Waals surface area contributed by atoms with E-state index in [1.54, 1.807) is 11.3 Å². The van der Waals surface area contributed by atoms with Crippen LogP contribution < -0.4 is 10.6 Å². The highest BCUT2D eigenvalue weighted by molar-refractivity contribution is 14.0. The van der Waals surface area contributed by atoms with Crippen molar-refractivity contribution in [2.75, 3.05) is 52.9 Å². The van der Waals surface area contributed by atoms with Gasteiger partial charge in [0.1, 0.15) is 5.01 Å². The summed E-state index contributed by atoms with van der Waals surface area (Å²) < 4.78 is 0. The molecule has 1 aromatic rings. The van der Waals surface area contributed by atoms with Crippen LogP contribution in [0, 0.1) is 0 Å². The van der Waals surface area contributed by atoms with Gasteiger partial charge in [-0.05, 0) is 39.3 Å². The third-order valence-electron chi connectivity index (χ3n) is 4.67. The Balaban J connectivity index is 0.00000364. The van der Waals surface area contributed by atoms with Crippen molar-refractivity contribution in [1.82, 2.24) is 25.4 Å². The zero-order valence-corrected chi connectivity index (χ0v) is 20.5. The van der Waals surface area contributed by atoms with E-state index in [-0.39, 0.29) is 24.0 Å². The molecule has 0 aromatic carbocycles. The number of halogens is 1. The van der Waals surface area contributed by atoms with Gasteiger partial charge < -0.3 is 20.4 Å². The Morgan fingerprint density at radius 2 is 1.96 bits per heavy atom. The van der Waals surface area contributed by atoms with Crippen molar-refractivity contribution in [1.29, 1.82) is 0 Å². The van der Waals surface area contributed by atoms with E-state index in [2.05, 4.69) is 63.6 Å². The predicted octanol–water partition coefficient (Wildman–Crippen LogP) is 2.97. The maximum absolute atomic E-state index is 4.68. The maximum Gasteiger partial charge on any atom is 0.191 e. The average Bonchev–Trinajstić information content (AvgIpc) is 3.10. The number of piperazine rings is 1. The van der Waals surface area contributed by atoms with Gasteiger partial charge >= 0.3 is 0 Å². The minimum Gasteiger partial charge on any atom is -0.357 e. The van der Waals surface area contributed by atoms with Crippen molar-refractivity contribution in [2.45, 2.75) is 46.1 Å². The zero-order chi connectivity index (χ0) is 18.8. The highest BCUT2D eigenvalue weighted by Crippen LogP contribution is 2.18. The molecule has 0 aliphatic carbocycles. The predicted molar refractivity (Wildman–Crippen MR) is 128 cm³/mol. The molecular weight excluding hydrogens is 471 g/mol. The molecule has 1 fully saturated rings. The first kappa shape index (κ1) is 24.6. The Morgan fingerprint density at radius 1 is 1.22 bits per heavy atom. The number of thiazole rings is 1. The molecule has 2 rings (SSSR count). The van der Waals surface area contributed by atoms with Gasteiger partial charge in [0.15, 0.2) is 5.96 Å². The minimum atomic E-state index is 0. The molecule has 2 heterocycles. The summed E-state index contributed by atoms with van der Waals surface area (Å²) in [5, 5.41) is 10.0. The first-order valence-electron chi connectivity index (χ1n) is 9.96. The third-order valence-corrected chi connectivity index (χ3v) is 5.52. The van der Waals surface area contributed by atoms with E-state index in [4.69, 9.17) is 0 Å². The molecule has 156 valence electrons. The number of nitrogens with one attached hydrogen (secondary N) is 2. The van der Waals surface area contributed by atoms with Crippen LogP contribution in [-0.2, 0) is 6.54 Å². The van der Waals surface area contributed by atoms with Crippen molar-refractivity contribution in [2.24, 2.45) is 4.99 Å². The molecule has 1 saturated heterocycles. The molecule has 2 N–H and O–H groups in total. The highest BCUT2D eigenvalue weighted by Gasteiger charge is 2.12. The second-order valence-electron chi connectivity index (χ2n) is 7.29. The fraction of sp³-hybridized carbons (Fsp3) is 0.789. The number of guanidine groups is 1. The number of aliphatic imine (C=N–C) groups is 1. The first-order chi connectivity index (χ1) is 12.6. The lowest BCUT2D eigenvalue weighted by Crippen LogP contribution is -2.44. The molecule has 0 spiro atoms. The molecule has 0 bridgehead atoms. The number of nitrogens with zero attached hydrogens (tertiary/aromatic N) is 4. The largest absolute Gasteiger partial charge is 0.357 e. The number of likely N-dealkylation sites (N-methyl/N-ethyl adjacent to an activating group) is 1. The Morgan fingerprint density at radius 3 is 2.59 bits per heavy atom. The van der Waals surface area contributed by atoms with Crippen LogP contribution in [-0.4, -0.2) is 73.6 Å².